The lowest BCUT2D eigenvalue weighted by Crippen LogP contribution is -2.37. The molecule has 0 saturated heterocycles. The van der Waals surface area contributed by atoms with Crippen molar-refractivity contribution in [1.82, 2.24) is 9.88 Å². The number of anilines is 1. The maximum Gasteiger partial charge on any atom is 0.233 e. The molecule has 2 aromatic carbocycles. The Morgan fingerprint density at radius 1 is 1.03 bits per heavy atom. The average Bonchev–Trinajstić information content (AvgIpc) is 3.08. The number of thiazole rings is 1. The van der Waals surface area contributed by atoms with E-state index in [0.29, 0.717) is 23.1 Å². The van der Waals surface area contributed by atoms with Crippen molar-refractivity contribution in [3.63, 3.8) is 0 Å². The maximum atomic E-state index is 13.2. The summed E-state index contributed by atoms with van der Waals surface area (Å²) in [7, 11) is 4.01. The van der Waals surface area contributed by atoms with Gasteiger partial charge in [0.05, 0.1) is 21.7 Å². The minimum Gasteiger partial charge on any atom is -0.308 e. The van der Waals surface area contributed by atoms with Crippen LogP contribution in [0.25, 0.3) is 10.2 Å². The zero-order valence-electron chi connectivity index (χ0n) is 17.5. The molecule has 0 unspecified atom stereocenters. The van der Waals surface area contributed by atoms with Crippen LogP contribution in [0.15, 0.2) is 30.3 Å². The molecule has 0 aliphatic rings. The number of aryl methyl sites for hydroxylation is 3. The summed E-state index contributed by atoms with van der Waals surface area (Å²) in [6, 6.07) is 10.1. The molecule has 1 amide bonds. The van der Waals surface area contributed by atoms with E-state index in [4.69, 9.17) is 16.6 Å². The fourth-order valence-electron chi connectivity index (χ4n) is 3.02. The molecule has 0 N–H and O–H groups in total. The predicted molar refractivity (Wildman–Crippen MR) is 127 cm³/mol. The number of amides is 1. The van der Waals surface area contributed by atoms with Gasteiger partial charge < -0.3 is 4.90 Å². The molecule has 7 heteroatoms. The van der Waals surface area contributed by atoms with Crippen LogP contribution in [0.1, 0.15) is 22.3 Å². The van der Waals surface area contributed by atoms with Gasteiger partial charge in [-0.15, -0.1) is 12.4 Å². The van der Waals surface area contributed by atoms with E-state index < -0.39 is 0 Å². The first-order chi connectivity index (χ1) is 13.3. The number of carbonyl (C=O) groups excluding carboxylic acids is 1. The molecule has 0 atom stereocenters. The summed E-state index contributed by atoms with van der Waals surface area (Å²) in [6.07, 6.45) is 0.358. The number of hydrogen-bond acceptors (Lipinski definition) is 4. The first-order valence-corrected chi connectivity index (χ1v) is 10.5. The van der Waals surface area contributed by atoms with Gasteiger partial charge in [0, 0.05) is 13.1 Å². The molecule has 0 spiro atoms. The number of aromatic nitrogens is 1. The minimum absolute atomic E-state index is 0. The van der Waals surface area contributed by atoms with Gasteiger partial charge in [-0.2, -0.15) is 0 Å². The Hall–Kier alpha value is -1.66. The highest BCUT2D eigenvalue weighted by molar-refractivity contribution is 7.23. The van der Waals surface area contributed by atoms with Crippen molar-refractivity contribution in [2.75, 3.05) is 32.1 Å². The van der Waals surface area contributed by atoms with E-state index in [9.17, 15) is 4.79 Å². The molecule has 0 saturated carbocycles. The van der Waals surface area contributed by atoms with Gasteiger partial charge in [-0.3, -0.25) is 9.69 Å². The Kier molecular flexibility index (Phi) is 8.06. The third-order valence-electron chi connectivity index (χ3n) is 4.92. The van der Waals surface area contributed by atoms with Crippen molar-refractivity contribution < 1.29 is 4.79 Å². The van der Waals surface area contributed by atoms with E-state index in [1.807, 2.05) is 39.2 Å². The Balaban J connectivity index is 0.00000300. The highest BCUT2D eigenvalue weighted by atomic mass is 35.5. The summed E-state index contributed by atoms with van der Waals surface area (Å²) in [4.78, 5) is 21.8. The normalized spacial score (nSPS) is 11.0. The topological polar surface area (TPSA) is 36.4 Å². The van der Waals surface area contributed by atoms with Gasteiger partial charge in [0.25, 0.3) is 0 Å². The van der Waals surface area contributed by atoms with E-state index in [1.54, 1.807) is 4.90 Å². The number of carbonyl (C=O) groups is 1. The van der Waals surface area contributed by atoms with Crippen molar-refractivity contribution in [2.24, 2.45) is 0 Å². The van der Waals surface area contributed by atoms with Gasteiger partial charge in [-0.05, 0) is 63.2 Å². The number of benzene rings is 2. The molecule has 0 aliphatic heterocycles. The number of nitrogens with zero attached hydrogens (tertiary/aromatic N) is 3. The predicted octanol–water partition coefficient (Wildman–Crippen LogP) is 5.43. The van der Waals surface area contributed by atoms with Crippen molar-refractivity contribution in [2.45, 2.75) is 27.2 Å². The van der Waals surface area contributed by atoms with Gasteiger partial charge in [0.2, 0.25) is 5.91 Å². The monoisotopic (exact) mass is 451 g/mol. The lowest BCUT2D eigenvalue weighted by molar-refractivity contribution is -0.118. The summed E-state index contributed by atoms with van der Waals surface area (Å²) in [5.74, 6) is 0.0536. The van der Waals surface area contributed by atoms with Crippen LogP contribution in [-0.2, 0) is 11.2 Å². The molecular formula is C22H27Cl2N3OS. The van der Waals surface area contributed by atoms with Gasteiger partial charge in [0.1, 0.15) is 0 Å². The van der Waals surface area contributed by atoms with Gasteiger partial charge in [0.15, 0.2) is 5.13 Å². The third kappa shape index (κ3) is 5.48. The van der Waals surface area contributed by atoms with Crippen molar-refractivity contribution in [1.29, 1.82) is 0 Å². The molecule has 156 valence electrons. The first-order valence-electron chi connectivity index (χ1n) is 9.33. The second kappa shape index (κ2) is 9.90. The van der Waals surface area contributed by atoms with Gasteiger partial charge in [-0.1, -0.05) is 47.2 Å². The summed E-state index contributed by atoms with van der Waals surface area (Å²) < 4.78 is 0.936. The number of fused-ring (bicyclic) bond motifs is 1. The van der Waals surface area contributed by atoms with E-state index >= 15 is 0 Å². The molecule has 1 aromatic heterocycles. The first kappa shape index (κ1) is 23.6. The molecule has 1 heterocycles. The average molecular weight is 452 g/mol. The second-order valence-electron chi connectivity index (χ2n) is 7.48. The van der Waals surface area contributed by atoms with Crippen LogP contribution in [0.2, 0.25) is 5.02 Å². The number of rotatable bonds is 6. The lowest BCUT2D eigenvalue weighted by Gasteiger charge is -2.22. The number of hydrogen-bond donors (Lipinski definition) is 0. The zero-order chi connectivity index (χ0) is 20.4. The smallest absolute Gasteiger partial charge is 0.233 e. The zero-order valence-corrected chi connectivity index (χ0v) is 19.8. The second-order valence-corrected chi connectivity index (χ2v) is 8.87. The quantitative estimate of drug-likeness (QED) is 0.500. The van der Waals surface area contributed by atoms with Crippen LogP contribution < -0.4 is 4.90 Å². The molecule has 29 heavy (non-hydrogen) atoms. The molecule has 4 nitrogen and oxygen atoms in total. The van der Waals surface area contributed by atoms with Crippen LogP contribution in [0.5, 0.6) is 0 Å². The largest absolute Gasteiger partial charge is 0.308 e. The Morgan fingerprint density at radius 3 is 2.34 bits per heavy atom. The van der Waals surface area contributed by atoms with Crippen LogP contribution >= 0.6 is 35.3 Å². The van der Waals surface area contributed by atoms with Gasteiger partial charge >= 0.3 is 0 Å². The molecular weight excluding hydrogens is 425 g/mol. The molecule has 0 aliphatic carbocycles. The fourth-order valence-corrected chi connectivity index (χ4v) is 4.38. The van der Waals surface area contributed by atoms with Crippen LogP contribution in [0.3, 0.4) is 0 Å². The number of likely N-dealkylation sites (N-methyl/N-ethyl adjacent to an activating group) is 1. The Labute approximate surface area is 187 Å². The van der Waals surface area contributed by atoms with Crippen LogP contribution in [0.4, 0.5) is 5.13 Å². The highest BCUT2D eigenvalue weighted by Crippen LogP contribution is 2.35. The lowest BCUT2D eigenvalue weighted by atomic mass is 10.0. The summed E-state index contributed by atoms with van der Waals surface area (Å²) in [5.41, 5.74) is 5.40. The van der Waals surface area contributed by atoms with Crippen molar-refractivity contribution in [3.05, 3.63) is 57.6 Å². The minimum atomic E-state index is 0. The summed E-state index contributed by atoms with van der Waals surface area (Å²) in [5, 5.41) is 1.39. The van der Waals surface area contributed by atoms with Crippen molar-refractivity contribution in [3.8, 4) is 0 Å². The molecule has 3 aromatic rings. The third-order valence-corrected chi connectivity index (χ3v) is 6.45. The Morgan fingerprint density at radius 2 is 1.72 bits per heavy atom. The Bertz CT molecular complexity index is 978. The molecule has 3 rings (SSSR count). The molecule has 0 radical (unpaired) electrons. The highest BCUT2D eigenvalue weighted by Gasteiger charge is 2.21. The van der Waals surface area contributed by atoms with E-state index in [1.165, 1.54) is 22.5 Å². The summed E-state index contributed by atoms with van der Waals surface area (Å²) in [6.45, 7) is 7.53. The van der Waals surface area contributed by atoms with Gasteiger partial charge in [-0.25, -0.2) is 4.98 Å². The van der Waals surface area contributed by atoms with E-state index in [-0.39, 0.29) is 18.3 Å². The van der Waals surface area contributed by atoms with E-state index in [0.717, 1.165) is 27.9 Å². The summed E-state index contributed by atoms with van der Waals surface area (Å²) >= 11 is 7.86. The van der Waals surface area contributed by atoms with Crippen molar-refractivity contribution >= 4 is 56.6 Å². The van der Waals surface area contributed by atoms with E-state index in [2.05, 4.69) is 30.9 Å². The van der Waals surface area contributed by atoms with Crippen LogP contribution in [0, 0.1) is 20.8 Å². The van der Waals surface area contributed by atoms with Crippen LogP contribution in [-0.4, -0.2) is 43.0 Å². The molecule has 0 fully saturated rings. The SMILES string of the molecule is Cc1ccc(CC(=O)N(CCN(C)C)c2nc3c(C)ccc(Cl)c3s2)cc1C.Cl. The number of halogens is 2. The fraction of sp³-hybridized carbons (Fsp3) is 0.364. The molecule has 0 bridgehead atoms. The maximum absolute atomic E-state index is 13.2. The standard InChI is InChI=1S/C22H26ClN3OS.ClH/c1-14-6-8-17(12-16(14)3)13-19(27)26(11-10-25(4)5)22-24-20-15(2)7-9-18(23)21(20)28-22;/h6-9,12H,10-11,13H2,1-5H3;1H.